The molecule has 0 aromatic heterocycles. The highest BCUT2D eigenvalue weighted by molar-refractivity contribution is 5.67. The van der Waals surface area contributed by atoms with Crippen molar-refractivity contribution in [3.05, 3.63) is 12.2 Å². The van der Waals surface area contributed by atoms with Gasteiger partial charge in [-0.3, -0.25) is 4.79 Å². The Labute approximate surface area is 40.5 Å². The zero-order valence-corrected chi connectivity index (χ0v) is 3.80. The van der Waals surface area contributed by atoms with E-state index in [0.29, 0.717) is 5.95 Å². The van der Waals surface area contributed by atoms with Crippen LogP contribution in [0.1, 0.15) is 6.92 Å². The fourth-order valence-corrected chi connectivity index (χ4v) is 0.214. The first-order chi connectivity index (χ1) is 3.29. The summed E-state index contributed by atoms with van der Waals surface area (Å²) in [4.78, 5) is 9.95. The minimum atomic E-state index is -0.344. The highest BCUT2D eigenvalue weighted by Gasteiger charge is 2.12. The van der Waals surface area contributed by atoms with Crippen molar-refractivity contribution in [1.82, 2.24) is 0 Å². The lowest BCUT2D eigenvalue weighted by molar-refractivity contribution is -0.138. The molecule has 0 aromatic carbocycles. The van der Waals surface area contributed by atoms with Crippen molar-refractivity contribution < 1.29 is 14.3 Å². The Hall–Kier alpha value is -0.990. The minimum Gasteiger partial charge on any atom is -0.424 e. The van der Waals surface area contributed by atoms with Crippen LogP contribution < -0.4 is 0 Å². The summed E-state index contributed by atoms with van der Waals surface area (Å²) in [5.74, 6) is -0.0312. The maximum atomic E-state index is 9.95. The number of carbonyl (C=O) groups excluding carboxylic acids is 1. The fraction of sp³-hybridized carbons (Fsp3) is 0.250. The molecule has 0 saturated carbocycles. The Bertz CT molecular complexity index is 125. The number of rotatable bonds is 1. The van der Waals surface area contributed by atoms with Gasteiger partial charge in [0.25, 0.3) is 0 Å². The van der Waals surface area contributed by atoms with Gasteiger partial charge < -0.3 is 9.47 Å². The van der Waals surface area contributed by atoms with Crippen molar-refractivity contribution in [3.8, 4) is 0 Å². The molecular weight excluding hydrogens is 96.0 g/mol. The SMILES string of the molecule is CC(=O)OC1=CO1. The topological polar surface area (TPSA) is 38.8 Å². The van der Waals surface area contributed by atoms with Crippen LogP contribution in [-0.2, 0) is 14.3 Å². The Kier molecular flexibility index (Phi) is 0.749. The molecule has 1 aliphatic rings. The third-order valence-corrected chi connectivity index (χ3v) is 0.458. The van der Waals surface area contributed by atoms with Gasteiger partial charge >= 0.3 is 11.9 Å². The molecule has 7 heavy (non-hydrogen) atoms. The van der Waals surface area contributed by atoms with Crippen LogP contribution in [0.15, 0.2) is 12.2 Å². The quantitative estimate of drug-likeness (QED) is 0.447. The zero-order chi connectivity index (χ0) is 5.28. The van der Waals surface area contributed by atoms with Crippen LogP contribution in [-0.4, -0.2) is 5.97 Å². The summed E-state index contributed by atoms with van der Waals surface area (Å²) in [7, 11) is 0. The summed E-state index contributed by atoms with van der Waals surface area (Å²) in [6.45, 7) is 1.32. The van der Waals surface area contributed by atoms with Crippen molar-refractivity contribution in [2.24, 2.45) is 0 Å². The average Bonchev–Trinajstić information content (AvgIpc) is 2.17. The number of carbonyl (C=O) groups is 1. The lowest BCUT2D eigenvalue weighted by Gasteiger charge is -1.84. The second-order valence-corrected chi connectivity index (χ2v) is 1.15. The van der Waals surface area contributed by atoms with E-state index in [4.69, 9.17) is 0 Å². The van der Waals surface area contributed by atoms with E-state index in [1.54, 1.807) is 0 Å². The third kappa shape index (κ3) is 1.26. The molecule has 0 spiro atoms. The summed E-state index contributed by atoms with van der Waals surface area (Å²) in [5.41, 5.74) is 0. The standard InChI is InChI=1S/C4H4O3/c1-3(5)7-4-2-6-4/h2H,1H3. The first-order valence-electron chi connectivity index (χ1n) is 1.84. The van der Waals surface area contributed by atoms with Crippen LogP contribution in [0.4, 0.5) is 0 Å². The molecule has 0 unspecified atom stereocenters. The maximum absolute atomic E-state index is 9.95. The predicted octanol–water partition coefficient (Wildman–Crippen LogP) is 0.379. The normalized spacial score (nSPS) is 14.1. The van der Waals surface area contributed by atoms with Crippen molar-refractivity contribution in [2.45, 2.75) is 6.92 Å². The average molecular weight is 100 g/mol. The van der Waals surface area contributed by atoms with E-state index in [0.717, 1.165) is 0 Å². The number of ether oxygens (including phenoxy) is 2. The monoisotopic (exact) mass is 100 g/mol. The second kappa shape index (κ2) is 1.26. The molecule has 0 fully saturated rings. The Morgan fingerprint density at radius 3 is 2.71 bits per heavy atom. The molecule has 38 valence electrons. The van der Waals surface area contributed by atoms with Gasteiger partial charge in [-0.15, -0.1) is 0 Å². The van der Waals surface area contributed by atoms with Crippen molar-refractivity contribution >= 4 is 5.97 Å². The smallest absolute Gasteiger partial charge is 0.329 e. The summed E-state index contributed by atoms with van der Waals surface area (Å²) < 4.78 is 8.73. The molecule has 3 heteroatoms. The van der Waals surface area contributed by atoms with Crippen LogP contribution >= 0.6 is 0 Å². The van der Waals surface area contributed by atoms with Gasteiger partial charge in [0.2, 0.25) is 0 Å². The Morgan fingerprint density at radius 2 is 2.57 bits per heavy atom. The lowest BCUT2D eigenvalue weighted by Crippen LogP contribution is -1.90. The van der Waals surface area contributed by atoms with Crippen LogP contribution in [0, 0.1) is 0 Å². The lowest BCUT2D eigenvalue weighted by atomic mass is 10.8. The van der Waals surface area contributed by atoms with Gasteiger partial charge in [-0.2, -0.15) is 0 Å². The molecule has 0 N–H and O–H groups in total. The molecule has 1 rings (SSSR count). The van der Waals surface area contributed by atoms with E-state index in [2.05, 4.69) is 9.47 Å². The molecule has 0 amide bonds. The summed E-state index contributed by atoms with van der Waals surface area (Å²) in [6, 6.07) is 0. The summed E-state index contributed by atoms with van der Waals surface area (Å²) in [5, 5.41) is 0. The van der Waals surface area contributed by atoms with Crippen molar-refractivity contribution in [3.63, 3.8) is 0 Å². The van der Waals surface area contributed by atoms with Gasteiger partial charge in [-0.05, 0) is 0 Å². The Morgan fingerprint density at radius 1 is 2.00 bits per heavy atom. The zero-order valence-electron chi connectivity index (χ0n) is 3.80. The van der Waals surface area contributed by atoms with Gasteiger partial charge in [-0.1, -0.05) is 0 Å². The van der Waals surface area contributed by atoms with E-state index in [1.807, 2.05) is 0 Å². The van der Waals surface area contributed by atoms with Gasteiger partial charge in [0, 0.05) is 6.92 Å². The molecule has 3 nitrogen and oxygen atoms in total. The van der Waals surface area contributed by atoms with Gasteiger partial charge in [-0.25, -0.2) is 0 Å². The first kappa shape index (κ1) is 4.18. The molecule has 0 aliphatic carbocycles. The van der Waals surface area contributed by atoms with E-state index in [-0.39, 0.29) is 5.97 Å². The summed E-state index contributed by atoms with van der Waals surface area (Å²) in [6.07, 6.45) is 1.36. The molecule has 0 saturated heterocycles. The molecule has 1 aliphatic heterocycles. The number of esters is 1. The van der Waals surface area contributed by atoms with Crippen LogP contribution in [0.3, 0.4) is 0 Å². The van der Waals surface area contributed by atoms with Crippen LogP contribution in [0.25, 0.3) is 0 Å². The molecule has 1 heterocycles. The van der Waals surface area contributed by atoms with Crippen molar-refractivity contribution in [1.29, 1.82) is 0 Å². The molecular formula is C4H4O3. The molecule has 0 aromatic rings. The molecule has 0 radical (unpaired) electrons. The van der Waals surface area contributed by atoms with E-state index in [9.17, 15) is 4.79 Å². The van der Waals surface area contributed by atoms with Crippen molar-refractivity contribution in [2.75, 3.05) is 0 Å². The van der Waals surface area contributed by atoms with E-state index in [1.165, 1.54) is 13.2 Å². The van der Waals surface area contributed by atoms with Gasteiger partial charge in [0.1, 0.15) is 0 Å². The molecule has 0 atom stereocenters. The maximum Gasteiger partial charge on any atom is 0.329 e. The second-order valence-electron chi connectivity index (χ2n) is 1.15. The largest absolute Gasteiger partial charge is 0.424 e. The Balaban J connectivity index is 2.21. The fourth-order valence-electron chi connectivity index (χ4n) is 0.214. The predicted molar refractivity (Wildman–Crippen MR) is 20.9 cm³/mol. The summed E-state index contributed by atoms with van der Waals surface area (Å²) >= 11 is 0. The van der Waals surface area contributed by atoms with Gasteiger partial charge in [0.05, 0.1) is 0 Å². The molecule has 0 bridgehead atoms. The van der Waals surface area contributed by atoms with Crippen LogP contribution in [0.2, 0.25) is 0 Å². The first-order valence-corrected chi connectivity index (χ1v) is 1.84. The number of hydrogen-bond acceptors (Lipinski definition) is 3. The highest BCUT2D eigenvalue weighted by Crippen LogP contribution is 2.13. The van der Waals surface area contributed by atoms with E-state index >= 15 is 0 Å². The third-order valence-electron chi connectivity index (χ3n) is 0.458. The highest BCUT2D eigenvalue weighted by atomic mass is 16.7. The van der Waals surface area contributed by atoms with Gasteiger partial charge in [0.15, 0.2) is 6.26 Å². The number of hydrogen-bond donors (Lipinski definition) is 0. The minimum absolute atomic E-state index is 0.313. The van der Waals surface area contributed by atoms with E-state index < -0.39 is 0 Å². The van der Waals surface area contributed by atoms with Crippen LogP contribution in [0.5, 0.6) is 0 Å².